The number of amides is 1. The van der Waals surface area contributed by atoms with Gasteiger partial charge in [0.1, 0.15) is 0 Å². The van der Waals surface area contributed by atoms with Crippen molar-refractivity contribution in [2.24, 2.45) is 0 Å². The molecule has 0 saturated carbocycles. The molecule has 0 aromatic heterocycles. The summed E-state index contributed by atoms with van der Waals surface area (Å²) in [7, 11) is 0. The number of hydrogen-bond donors (Lipinski definition) is 1. The summed E-state index contributed by atoms with van der Waals surface area (Å²) >= 11 is 5.75. The van der Waals surface area contributed by atoms with Crippen LogP contribution in [0.4, 0.5) is 5.69 Å². The van der Waals surface area contributed by atoms with Gasteiger partial charge in [-0.2, -0.15) is 0 Å². The molecule has 0 saturated heterocycles. The van der Waals surface area contributed by atoms with Gasteiger partial charge in [0.25, 0.3) is 0 Å². The third-order valence-corrected chi connectivity index (χ3v) is 3.71. The van der Waals surface area contributed by atoms with Crippen molar-refractivity contribution in [2.75, 3.05) is 11.9 Å². The van der Waals surface area contributed by atoms with Crippen molar-refractivity contribution < 1.29 is 29.0 Å². The van der Waals surface area contributed by atoms with Gasteiger partial charge in [0.15, 0.2) is 12.4 Å². The Morgan fingerprint density at radius 1 is 0.889 bits per heavy atom. The molecule has 7 nitrogen and oxygen atoms in total. The maximum atomic E-state index is 12.0. The number of carboxylic acid groups (broad SMARTS) is 1. The number of carbonyl (C=O) groups is 4. The number of ether oxygens (including phenoxy) is 1. The maximum Gasteiger partial charge on any atom is 0.338 e. The molecule has 0 heterocycles. The molecule has 1 N–H and O–H groups in total. The first-order chi connectivity index (χ1) is 12.8. The van der Waals surface area contributed by atoms with Crippen LogP contribution in [0, 0.1) is 0 Å². The average Bonchev–Trinajstić information content (AvgIpc) is 2.65. The summed E-state index contributed by atoms with van der Waals surface area (Å²) in [5, 5.41) is 13.3. The van der Waals surface area contributed by atoms with E-state index in [1.165, 1.54) is 36.4 Å². The summed E-state index contributed by atoms with van der Waals surface area (Å²) in [4.78, 5) is 45.8. The van der Waals surface area contributed by atoms with Crippen LogP contribution in [0.2, 0.25) is 5.02 Å². The summed E-state index contributed by atoms with van der Waals surface area (Å²) in [6, 6.07) is 12.0. The molecule has 0 radical (unpaired) electrons. The quantitative estimate of drug-likeness (QED) is 0.545. The Morgan fingerprint density at radius 2 is 1.48 bits per heavy atom. The number of carboxylic acids is 1. The Balaban J connectivity index is 1.86. The number of rotatable bonds is 8. The molecule has 0 aliphatic heterocycles. The Kier molecular flexibility index (Phi) is 7.08. The van der Waals surface area contributed by atoms with Gasteiger partial charge in [-0.25, -0.2) is 4.79 Å². The number of nitrogens with one attached hydrogen (secondary N) is 1. The van der Waals surface area contributed by atoms with Gasteiger partial charge in [0.2, 0.25) is 5.91 Å². The van der Waals surface area contributed by atoms with Gasteiger partial charge in [-0.3, -0.25) is 9.59 Å². The van der Waals surface area contributed by atoms with E-state index in [4.69, 9.17) is 16.3 Å². The monoisotopic (exact) mass is 388 g/mol. The van der Waals surface area contributed by atoms with Crippen molar-refractivity contribution in [1.29, 1.82) is 0 Å². The zero-order valence-corrected chi connectivity index (χ0v) is 14.8. The number of benzene rings is 2. The van der Waals surface area contributed by atoms with Crippen LogP contribution in [0.5, 0.6) is 0 Å². The van der Waals surface area contributed by atoms with E-state index in [9.17, 15) is 24.3 Å². The highest BCUT2D eigenvalue weighted by Crippen LogP contribution is 2.13. The number of carbonyl (C=O) groups excluding carboxylic acids is 4. The van der Waals surface area contributed by atoms with Crippen LogP contribution in [0.15, 0.2) is 48.5 Å². The molecular weight excluding hydrogens is 374 g/mol. The maximum absolute atomic E-state index is 12.0. The van der Waals surface area contributed by atoms with Crippen molar-refractivity contribution in [2.45, 2.75) is 12.8 Å². The van der Waals surface area contributed by atoms with E-state index in [1.54, 1.807) is 12.1 Å². The minimum atomic E-state index is -1.31. The zero-order valence-electron chi connectivity index (χ0n) is 14.1. The molecule has 0 aliphatic carbocycles. The lowest BCUT2D eigenvalue weighted by molar-refractivity contribution is -0.305. The molecule has 0 unspecified atom stereocenters. The molecule has 1 amide bonds. The normalized spacial score (nSPS) is 10.1. The summed E-state index contributed by atoms with van der Waals surface area (Å²) in [6.45, 7) is -0.415. The second-order valence-electron chi connectivity index (χ2n) is 5.50. The summed E-state index contributed by atoms with van der Waals surface area (Å²) in [5.74, 6) is -2.84. The van der Waals surface area contributed by atoms with E-state index < -0.39 is 24.5 Å². The van der Waals surface area contributed by atoms with Gasteiger partial charge in [0.05, 0.1) is 5.56 Å². The van der Waals surface area contributed by atoms with Gasteiger partial charge in [-0.15, -0.1) is 0 Å². The van der Waals surface area contributed by atoms with E-state index >= 15 is 0 Å². The van der Waals surface area contributed by atoms with E-state index in [0.717, 1.165) is 0 Å². The number of halogens is 1. The van der Waals surface area contributed by atoms with E-state index in [2.05, 4.69) is 5.32 Å². The predicted octanol–water partition coefficient (Wildman–Crippen LogP) is 1.85. The highest BCUT2D eigenvalue weighted by atomic mass is 35.5. The van der Waals surface area contributed by atoms with Crippen molar-refractivity contribution in [3.63, 3.8) is 0 Å². The lowest BCUT2D eigenvalue weighted by Gasteiger charge is -2.07. The molecule has 27 heavy (non-hydrogen) atoms. The highest BCUT2D eigenvalue weighted by Gasteiger charge is 2.12. The molecule has 0 spiro atoms. The van der Waals surface area contributed by atoms with Gasteiger partial charge in [0, 0.05) is 28.7 Å². The SMILES string of the molecule is O=C([O-])CCC(=O)Nc1ccc(C(=O)OCC(=O)c2ccc(Cl)cc2)cc1. The van der Waals surface area contributed by atoms with Crippen LogP contribution < -0.4 is 10.4 Å². The number of hydrogen-bond acceptors (Lipinski definition) is 6. The van der Waals surface area contributed by atoms with Crippen molar-refractivity contribution in [3.05, 3.63) is 64.7 Å². The van der Waals surface area contributed by atoms with E-state index in [1.807, 2.05) is 0 Å². The Hall–Kier alpha value is -3.19. The summed E-state index contributed by atoms with van der Waals surface area (Å²) in [6.07, 6.45) is -0.586. The largest absolute Gasteiger partial charge is 0.550 e. The molecular formula is C19H15ClNO6-. The number of ketones is 1. The van der Waals surface area contributed by atoms with Crippen molar-refractivity contribution in [1.82, 2.24) is 0 Å². The number of Topliss-reactive ketones (excluding diaryl/α,β-unsaturated/α-hetero) is 1. The number of aliphatic carboxylic acids is 1. The van der Waals surface area contributed by atoms with Gasteiger partial charge >= 0.3 is 5.97 Å². The molecule has 2 aromatic carbocycles. The summed E-state index contributed by atoms with van der Waals surface area (Å²) < 4.78 is 4.98. The van der Waals surface area contributed by atoms with Crippen LogP contribution >= 0.6 is 11.6 Å². The second kappa shape index (κ2) is 9.49. The fourth-order valence-corrected chi connectivity index (χ4v) is 2.19. The van der Waals surface area contributed by atoms with Gasteiger partial charge in [-0.05, 0) is 55.0 Å². The molecule has 8 heteroatoms. The first kappa shape index (κ1) is 20.1. The van der Waals surface area contributed by atoms with E-state index in [0.29, 0.717) is 16.3 Å². The molecule has 2 rings (SSSR count). The first-order valence-corrected chi connectivity index (χ1v) is 8.28. The zero-order chi connectivity index (χ0) is 19.8. The lowest BCUT2D eigenvalue weighted by Crippen LogP contribution is -2.24. The first-order valence-electron chi connectivity index (χ1n) is 7.91. The smallest absolute Gasteiger partial charge is 0.338 e. The Morgan fingerprint density at radius 3 is 2.07 bits per heavy atom. The molecule has 140 valence electrons. The molecule has 0 aliphatic rings. The minimum absolute atomic E-state index is 0.201. The van der Waals surface area contributed by atoms with E-state index in [-0.39, 0.29) is 24.2 Å². The minimum Gasteiger partial charge on any atom is -0.550 e. The number of esters is 1. The van der Waals surface area contributed by atoms with Crippen LogP contribution in [-0.2, 0) is 14.3 Å². The standard InChI is InChI=1S/C19H16ClNO6/c20-14-5-1-12(2-6-14)16(22)11-27-19(26)13-3-7-15(8-4-13)21-17(23)9-10-18(24)25/h1-8H,9-11H2,(H,21,23)(H,24,25)/p-1. The van der Waals surface area contributed by atoms with Crippen molar-refractivity contribution >= 4 is 40.9 Å². The molecule has 0 fully saturated rings. The topological polar surface area (TPSA) is 113 Å². The third kappa shape index (κ3) is 6.56. The molecule has 0 atom stereocenters. The fraction of sp³-hybridized carbons (Fsp3) is 0.158. The number of anilines is 1. The Labute approximate surface area is 159 Å². The van der Waals surface area contributed by atoms with Crippen molar-refractivity contribution in [3.8, 4) is 0 Å². The third-order valence-electron chi connectivity index (χ3n) is 3.46. The van der Waals surface area contributed by atoms with Crippen LogP contribution in [-0.4, -0.2) is 30.2 Å². The highest BCUT2D eigenvalue weighted by molar-refractivity contribution is 6.30. The van der Waals surface area contributed by atoms with Crippen LogP contribution in [0.25, 0.3) is 0 Å². The van der Waals surface area contributed by atoms with Crippen LogP contribution in [0.3, 0.4) is 0 Å². The lowest BCUT2D eigenvalue weighted by atomic mass is 10.1. The Bertz CT molecular complexity index is 846. The average molecular weight is 389 g/mol. The van der Waals surface area contributed by atoms with Crippen LogP contribution in [0.1, 0.15) is 33.6 Å². The van der Waals surface area contributed by atoms with Gasteiger partial charge < -0.3 is 20.0 Å². The molecule has 0 bridgehead atoms. The van der Waals surface area contributed by atoms with Gasteiger partial charge in [-0.1, -0.05) is 11.6 Å². The molecule has 2 aromatic rings. The predicted molar refractivity (Wildman–Crippen MR) is 95.4 cm³/mol. The fourth-order valence-electron chi connectivity index (χ4n) is 2.06. The summed E-state index contributed by atoms with van der Waals surface area (Å²) in [5.41, 5.74) is 0.973. The second-order valence-corrected chi connectivity index (χ2v) is 5.94.